The van der Waals surface area contributed by atoms with Crippen LogP contribution in [0.4, 0.5) is 0 Å². The van der Waals surface area contributed by atoms with E-state index in [0.29, 0.717) is 0 Å². The zero-order chi connectivity index (χ0) is 12.7. The molecule has 0 aliphatic heterocycles. The summed E-state index contributed by atoms with van der Waals surface area (Å²) in [5.41, 5.74) is 0. The van der Waals surface area contributed by atoms with Crippen LogP contribution in [0.15, 0.2) is 12.7 Å². The van der Waals surface area contributed by atoms with Crippen LogP contribution < -0.4 is 0 Å². The second kappa shape index (κ2) is 3.89. The molecule has 6 N–H and O–H groups in total. The summed E-state index contributed by atoms with van der Waals surface area (Å²) < 4.78 is 28.6. The van der Waals surface area contributed by atoms with Crippen LogP contribution in [0.1, 0.15) is 0 Å². The maximum Gasteiger partial charge on any atom is 0.360 e. The maximum atomic E-state index is 10.8. The summed E-state index contributed by atoms with van der Waals surface area (Å²) in [7, 11) is -17.4. The molecule has 0 aromatic carbocycles. The smallest absolute Gasteiger partial charge is 0.323 e. The van der Waals surface area contributed by atoms with Gasteiger partial charge in [0.05, 0.1) is 0 Å². The standard InChI is InChI=1S/C3H9O9P3/c1-2-3(13(4,5)6,14(7,8)9)15(10,11)12/h2H,1H2,(H2,4,5,6)(H2,7,8,9)(H2,10,11,12). The molecule has 0 bridgehead atoms. The second-order valence-corrected chi connectivity index (χ2v) is 8.96. The van der Waals surface area contributed by atoms with E-state index in [2.05, 4.69) is 6.58 Å². The highest BCUT2D eigenvalue weighted by Crippen LogP contribution is 2.83. The minimum absolute atomic E-state index is 0.102. The maximum absolute atomic E-state index is 10.8. The summed E-state index contributed by atoms with van der Waals surface area (Å²) in [5.74, 6) is 0. The van der Waals surface area contributed by atoms with Crippen LogP contribution in [0.2, 0.25) is 0 Å². The molecular formula is C3H9O9P3. The van der Waals surface area contributed by atoms with E-state index >= 15 is 0 Å². The molecule has 0 rings (SSSR count). The van der Waals surface area contributed by atoms with Gasteiger partial charge in [-0.25, -0.2) is 0 Å². The van der Waals surface area contributed by atoms with Gasteiger partial charge in [-0.2, -0.15) is 0 Å². The number of hydrogen-bond donors (Lipinski definition) is 6. The summed E-state index contributed by atoms with van der Waals surface area (Å²) in [6, 6.07) is 0. The van der Waals surface area contributed by atoms with E-state index in [1.54, 1.807) is 0 Å². The van der Waals surface area contributed by atoms with Crippen molar-refractivity contribution in [2.45, 2.75) is 4.64 Å². The van der Waals surface area contributed by atoms with Crippen molar-refractivity contribution in [2.24, 2.45) is 0 Å². The molecule has 0 radical (unpaired) electrons. The van der Waals surface area contributed by atoms with Crippen LogP contribution in [0.5, 0.6) is 0 Å². The number of hydrogen-bond acceptors (Lipinski definition) is 3. The monoisotopic (exact) mass is 282 g/mol. The number of allylic oxidation sites excluding steroid dienone is 1. The van der Waals surface area contributed by atoms with Crippen molar-refractivity contribution >= 4 is 22.8 Å². The predicted molar refractivity (Wildman–Crippen MR) is 49.1 cm³/mol. The minimum atomic E-state index is -5.79. The Labute approximate surface area is 83.9 Å². The molecule has 0 atom stereocenters. The Balaban J connectivity index is 6.29. The van der Waals surface area contributed by atoms with Crippen molar-refractivity contribution in [1.29, 1.82) is 0 Å². The molecule has 90 valence electrons. The number of rotatable bonds is 4. The molecule has 12 heteroatoms. The third kappa shape index (κ3) is 2.31. The summed E-state index contributed by atoms with van der Waals surface area (Å²) in [5, 5.41) is 0. The van der Waals surface area contributed by atoms with E-state index in [-0.39, 0.29) is 6.08 Å². The van der Waals surface area contributed by atoms with Gasteiger partial charge < -0.3 is 29.4 Å². The molecule has 0 heterocycles. The van der Waals surface area contributed by atoms with Gasteiger partial charge in [0.15, 0.2) is 0 Å². The predicted octanol–water partition coefficient (Wildman–Crippen LogP) is -0.641. The van der Waals surface area contributed by atoms with Crippen LogP contribution in [-0.2, 0) is 13.7 Å². The van der Waals surface area contributed by atoms with Crippen LogP contribution in [-0.4, -0.2) is 34.0 Å². The zero-order valence-electron chi connectivity index (χ0n) is 7.03. The summed E-state index contributed by atoms with van der Waals surface area (Å²) >= 11 is 0. The van der Waals surface area contributed by atoms with Crippen LogP contribution in [0.25, 0.3) is 0 Å². The van der Waals surface area contributed by atoms with Gasteiger partial charge in [0.25, 0.3) is 4.64 Å². The quantitative estimate of drug-likeness (QED) is 0.289. The van der Waals surface area contributed by atoms with E-state index in [1.807, 2.05) is 0 Å². The largest absolute Gasteiger partial charge is 0.360 e. The lowest BCUT2D eigenvalue weighted by atomic mass is 10.7. The topological polar surface area (TPSA) is 173 Å². The fourth-order valence-electron chi connectivity index (χ4n) is 0.866. The van der Waals surface area contributed by atoms with Gasteiger partial charge in [0.1, 0.15) is 0 Å². The fraction of sp³-hybridized carbons (Fsp3) is 0.333. The SMILES string of the molecule is C=CC(P(=O)(O)O)(P(=O)(O)O)P(=O)(O)O. The lowest BCUT2D eigenvalue weighted by Gasteiger charge is -2.31. The first kappa shape index (κ1) is 15.2. The Morgan fingerprint density at radius 3 is 1.00 bits per heavy atom. The van der Waals surface area contributed by atoms with Gasteiger partial charge in [-0.1, -0.05) is 0 Å². The Bertz CT molecular complexity index is 338. The summed E-state index contributed by atoms with van der Waals surface area (Å²) in [4.78, 5) is 51.9. The first-order valence-electron chi connectivity index (χ1n) is 3.12. The molecule has 0 aromatic heterocycles. The molecule has 0 amide bonds. The van der Waals surface area contributed by atoms with Gasteiger partial charge in [-0.15, -0.1) is 6.58 Å². The van der Waals surface area contributed by atoms with E-state index in [0.717, 1.165) is 0 Å². The highest BCUT2D eigenvalue weighted by atomic mass is 31.3. The van der Waals surface area contributed by atoms with E-state index < -0.39 is 27.4 Å². The molecule has 0 fully saturated rings. The van der Waals surface area contributed by atoms with Crippen molar-refractivity contribution in [3.8, 4) is 0 Å². The molecule has 0 unspecified atom stereocenters. The Kier molecular flexibility index (Phi) is 3.94. The van der Waals surface area contributed by atoms with Crippen molar-refractivity contribution in [3.63, 3.8) is 0 Å². The van der Waals surface area contributed by atoms with Crippen molar-refractivity contribution < 1.29 is 43.1 Å². The van der Waals surface area contributed by atoms with Gasteiger partial charge >= 0.3 is 22.8 Å². The molecule has 15 heavy (non-hydrogen) atoms. The summed E-state index contributed by atoms with van der Waals surface area (Å²) in [6.07, 6.45) is -0.102. The summed E-state index contributed by atoms with van der Waals surface area (Å²) in [6.45, 7) is 2.66. The molecule has 0 saturated carbocycles. The highest BCUT2D eigenvalue weighted by molar-refractivity contribution is 7.89. The van der Waals surface area contributed by atoms with E-state index in [1.165, 1.54) is 0 Å². The Morgan fingerprint density at radius 1 is 0.800 bits per heavy atom. The van der Waals surface area contributed by atoms with Crippen molar-refractivity contribution in [1.82, 2.24) is 0 Å². The molecule has 0 aliphatic carbocycles. The second-order valence-electron chi connectivity index (χ2n) is 2.52. The van der Waals surface area contributed by atoms with Gasteiger partial charge in [-0.3, -0.25) is 13.7 Å². The van der Waals surface area contributed by atoms with Crippen LogP contribution in [0, 0.1) is 0 Å². The molecule has 0 spiro atoms. The zero-order valence-corrected chi connectivity index (χ0v) is 9.72. The average molecular weight is 282 g/mol. The van der Waals surface area contributed by atoms with E-state index in [4.69, 9.17) is 29.4 Å². The van der Waals surface area contributed by atoms with Crippen LogP contribution in [0.3, 0.4) is 0 Å². The molecule has 0 aliphatic rings. The Morgan fingerprint density at radius 2 is 1.00 bits per heavy atom. The molecule has 9 nitrogen and oxygen atoms in total. The van der Waals surface area contributed by atoms with Gasteiger partial charge in [0.2, 0.25) is 0 Å². The Hall–Kier alpha value is 0.190. The van der Waals surface area contributed by atoms with Crippen molar-refractivity contribution in [2.75, 3.05) is 0 Å². The third-order valence-electron chi connectivity index (χ3n) is 1.56. The first-order chi connectivity index (χ1) is 6.31. The average Bonchev–Trinajstić information content (AvgIpc) is 1.76. The lowest BCUT2D eigenvalue weighted by Crippen LogP contribution is -2.26. The minimum Gasteiger partial charge on any atom is -0.323 e. The fourth-order valence-corrected chi connectivity index (χ4v) is 5.65. The molecular weight excluding hydrogens is 273 g/mol. The van der Waals surface area contributed by atoms with Gasteiger partial charge in [0, 0.05) is 0 Å². The molecule has 0 aromatic rings. The molecule has 0 saturated heterocycles. The normalized spacial score (nSPS) is 15.1. The van der Waals surface area contributed by atoms with Gasteiger partial charge in [-0.05, 0) is 6.08 Å². The highest BCUT2D eigenvalue weighted by Gasteiger charge is 2.69. The van der Waals surface area contributed by atoms with Crippen molar-refractivity contribution in [3.05, 3.63) is 12.7 Å². The first-order valence-corrected chi connectivity index (χ1v) is 7.95. The lowest BCUT2D eigenvalue weighted by molar-refractivity contribution is 0.313. The van der Waals surface area contributed by atoms with Crippen LogP contribution >= 0.6 is 22.8 Å². The third-order valence-corrected chi connectivity index (χ3v) is 9.37. The van der Waals surface area contributed by atoms with E-state index in [9.17, 15) is 13.7 Å².